The first-order valence-corrected chi connectivity index (χ1v) is 5.66. The molecule has 1 aromatic carbocycles. The minimum Gasteiger partial charge on any atom is -0.323 e. The number of rotatable bonds is 3. The van der Waals surface area contributed by atoms with Crippen LogP contribution in [-0.2, 0) is 0 Å². The van der Waals surface area contributed by atoms with Crippen molar-refractivity contribution < 1.29 is 8.78 Å². The molecule has 1 rings (SSSR count). The van der Waals surface area contributed by atoms with Gasteiger partial charge in [-0.15, -0.1) is 0 Å². The summed E-state index contributed by atoms with van der Waals surface area (Å²) < 4.78 is 26.8. The molecule has 1 nitrogen and oxygen atoms in total. The lowest BCUT2D eigenvalue weighted by molar-refractivity contribution is 0.533. The average Bonchev–Trinajstić information content (AvgIpc) is 2.13. The van der Waals surface area contributed by atoms with Gasteiger partial charge in [-0.1, -0.05) is 6.07 Å². The molecule has 0 spiro atoms. The first-order valence-electron chi connectivity index (χ1n) is 4.27. The molecule has 4 heteroatoms. The second-order valence-electron chi connectivity index (χ2n) is 3.15. The van der Waals surface area contributed by atoms with Gasteiger partial charge in [-0.05, 0) is 24.8 Å². The zero-order valence-electron chi connectivity index (χ0n) is 8.18. The number of hydrogen-bond donors (Lipinski definition) is 1. The predicted molar refractivity (Wildman–Crippen MR) is 56.4 cm³/mol. The second-order valence-corrected chi connectivity index (χ2v) is 4.06. The number of benzene rings is 1. The van der Waals surface area contributed by atoms with Crippen LogP contribution >= 0.6 is 11.8 Å². The quantitative estimate of drug-likeness (QED) is 0.842. The van der Waals surface area contributed by atoms with Crippen LogP contribution in [0.3, 0.4) is 0 Å². The van der Waals surface area contributed by atoms with Crippen LogP contribution in [0.4, 0.5) is 8.78 Å². The Morgan fingerprint density at radius 1 is 1.43 bits per heavy atom. The van der Waals surface area contributed by atoms with Gasteiger partial charge in [-0.3, -0.25) is 0 Å². The third-order valence-corrected chi connectivity index (χ3v) is 2.73. The van der Waals surface area contributed by atoms with E-state index in [9.17, 15) is 8.78 Å². The molecule has 0 aliphatic rings. The van der Waals surface area contributed by atoms with Crippen molar-refractivity contribution in [3.05, 3.63) is 34.9 Å². The van der Waals surface area contributed by atoms with E-state index in [1.807, 2.05) is 6.26 Å². The summed E-state index contributed by atoms with van der Waals surface area (Å²) in [6.07, 6.45) is 1.85. The summed E-state index contributed by atoms with van der Waals surface area (Å²) in [7, 11) is 0. The highest BCUT2D eigenvalue weighted by Gasteiger charge is 2.17. The van der Waals surface area contributed by atoms with Crippen molar-refractivity contribution in [2.24, 2.45) is 5.73 Å². The molecule has 0 saturated heterocycles. The van der Waals surface area contributed by atoms with Crippen molar-refractivity contribution in [1.29, 1.82) is 0 Å². The zero-order chi connectivity index (χ0) is 10.7. The Balaban J connectivity index is 3.11. The molecule has 1 atom stereocenters. The maximum Gasteiger partial charge on any atom is 0.133 e. The largest absolute Gasteiger partial charge is 0.323 e. The minimum atomic E-state index is -0.579. The fourth-order valence-electron chi connectivity index (χ4n) is 1.28. The van der Waals surface area contributed by atoms with E-state index in [0.717, 1.165) is 0 Å². The molecular weight excluding hydrogens is 204 g/mol. The van der Waals surface area contributed by atoms with Gasteiger partial charge >= 0.3 is 0 Å². The van der Waals surface area contributed by atoms with Crippen LogP contribution in [0.2, 0.25) is 0 Å². The lowest BCUT2D eigenvalue weighted by Crippen LogP contribution is -2.17. The first-order chi connectivity index (χ1) is 6.57. The van der Waals surface area contributed by atoms with E-state index in [0.29, 0.717) is 11.3 Å². The Morgan fingerprint density at radius 3 is 2.64 bits per heavy atom. The molecule has 0 amide bonds. The summed E-state index contributed by atoms with van der Waals surface area (Å²) in [5.41, 5.74) is 6.10. The van der Waals surface area contributed by atoms with Crippen molar-refractivity contribution in [3.8, 4) is 0 Å². The van der Waals surface area contributed by atoms with Gasteiger partial charge in [-0.25, -0.2) is 8.78 Å². The molecule has 1 aromatic rings. The van der Waals surface area contributed by atoms with Crippen molar-refractivity contribution >= 4 is 11.8 Å². The van der Waals surface area contributed by atoms with Crippen LogP contribution in [0.25, 0.3) is 0 Å². The van der Waals surface area contributed by atoms with Crippen LogP contribution in [0, 0.1) is 18.6 Å². The molecule has 0 fully saturated rings. The van der Waals surface area contributed by atoms with E-state index in [2.05, 4.69) is 0 Å². The van der Waals surface area contributed by atoms with Crippen LogP contribution in [0.1, 0.15) is 17.2 Å². The van der Waals surface area contributed by atoms with Gasteiger partial charge in [0.05, 0.1) is 0 Å². The second kappa shape index (κ2) is 4.75. The Labute approximate surface area is 86.7 Å². The zero-order valence-corrected chi connectivity index (χ0v) is 9.00. The number of halogens is 2. The number of thioether (sulfide) groups is 1. The molecule has 0 aliphatic heterocycles. The monoisotopic (exact) mass is 217 g/mol. The van der Waals surface area contributed by atoms with Crippen molar-refractivity contribution in [2.75, 3.05) is 12.0 Å². The summed E-state index contributed by atoms with van der Waals surface area (Å²) in [6, 6.07) is 2.10. The van der Waals surface area contributed by atoms with E-state index in [-0.39, 0.29) is 5.56 Å². The van der Waals surface area contributed by atoms with Gasteiger partial charge in [0.2, 0.25) is 0 Å². The Morgan fingerprint density at radius 2 is 2.07 bits per heavy atom. The SMILES string of the molecule is CSCC(N)c1c(F)ccc(C)c1F. The van der Waals surface area contributed by atoms with E-state index >= 15 is 0 Å². The summed E-state index contributed by atoms with van der Waals surface area (Å²) >= 11 is 1.47. The summed E-state index contributed by atoms with van der Waals surface area (Å²) in [6.45, 7) is 1.60. The normalized spacial score (nSPS) is 12.9. The first kappa shape index (κ1) is 11.5. The maximum atomic E-state index is 13.5. The highest BCUT2D eigenvalue weighted by atomic mass is 32.2. The topological polar surface area (TPSA) is 26.0 Å². The van der Waals surface area contributed by atoms with E-state index < -0.39 is 17.7 Å². The highest BCUT2D eigenvalue weighted by molar-refractivity contribution is 7.98. The highest BCUT2D eigenvalue weighted by Crippen LogP contribution is 2.23. The number of aryl methyl sites for hydroxylation is 1. The molecule has 0 heterocycles. The van der Waals surface area contributed by atoms with Crippen LogP contribution in [0.15, 0.2) is 12.1 Å². The van der Waals surface area contributed by atoms with Crippen LogP contribution < -0.4 is 5.73 Å². The smallest absolute Gasteiger partial charge is 0.133 e. The standard InChI is InChI=1S/C10H13F2NS/c1-6-3-4-7(11)9(10(6)12)8(13)5-14-2/h3-4,8H,5,13H2,1-2H3. The van der Waals surface area contributed by atoms with Gasteiger partial charge in [0.15, 0.2) is 0 Å². The fraction of sp³-hybridized carbons (Fsp3) is 0.400. The van der Waals surface area contributed by atoms with Crippen molar-refractivity contribution in [3.63, 3.8) is 0 Å². The Hall–Kier alpha value is -0.610. The molecule has 78 valence electrons. The molecule has 14 heavy (non-hydrogen) atoms. The van der Waals surface area contributed by atoms with E-state index in [1.165, 1.54) is 23.9 Å². The molecule has 1 unspecified atom stereocenters. The van der Waals surface area contributed by atoms with Gasteiger partial charge in [0, 0.05) is 17.4 Å². The van der Waals surface area contributed by atoms with Crippen LogP contribution in [-0.4, -0.2) is 12.0 Å². The van der Waals surface area contributed by atoms with Crippen molar-refractivity contribution in [1.82, 2.24) is 0 Å². The summed E-state index contributed by atoms with van der Waals surface area (Å²) in [4.78, 5) is 0. The molecule has 0 saturated carbocycles. The molecule has 0 radical (unpaired) electrons. The lowest BCUT2D eigenvalue weighted by atomic mass is 10.0. The van der Waals surface area contributed by atoms with Gasteiger partial charge in [0.25, 0.3) is 0 Å². The number of hydrogen-bond acceptors (Lipinski definition) is 2. The van der Waals surface area contributed by atoms with Gasteiger partial charge < -0.3 is 5.73 Å². The lowest BCUT2D eigenvalue weighted by Gasteiger charge is -2.13. The van der Waals surface area contributed by atoms with E-state index in [4.69, 9.17) is 5.73 Å². The average molecular weight is 217 g/mol. The maximum absolute atomic E-state index is 13.5. The summed E-state index contributed by atoms with van der Waals surface area (Å²) in [5.74, 6) is -0.571. The molecule has 0 aliphatic carbocycles. The Kier molecular flexibility index (Phi) is 3.89. The van der Waals surface area contributed by atoms with Gasteiger partial charge in [0.1, 0.15) is 11.6 Å². The Bertz CT molecular complexity index is 328. The van der Waals surface area contributed by atoms with Gasteiger partial charge in [-0.2, -0.15) is 11.8 Å². The fourth-order valence-corrected chi connectivity index (χ4v) is 1.81. The predicted octanol–water partition coefficient (Wildman–Crippen LogP) is 2.64. The molecule has 2 N–H and O–H groups in total. The summed E-state index contributed by atoms with van der Waals surface area (Å²) in [5, 5.41) is 0. The molecule has 0 aromatic heterocycles. The van der Waals surface area contributed by atoms with Crippen LogP contribution in [0.5, 0.6) is 0 Å². The van der Waals surface area contributed by atoms with E-state index in [1.54, 1.807) is 6.92 Å². The van der Waals surface area contributed by atoms with Crippen molar-refractivity contribution in [2.45, 2.75) is 13.0 Å². The molecule has 0 bridgehead atoms. The third kappa shape index (κ3) is 2.25. The molecular formula is C10H13F2NS. The minimum absolute atomic E-state index is 0.000602. The number of nitrogens with two attached hydrogens (primary N) is 1. The third-order valence-electron chi connectivity index (χ3n) is 2.04.